The first-order chi connectivity index (χ1) is 9.63. The third kappa shape index (κ3) is 3.19. The molecule has 1 unspecified atom stereocenters. The van der Waals surface area contributed by atoms with Crippen LogP contribution in [0.15, 0.2) is 30.5 Å². The zero-order valence-electron chi connectivity index (χ0n) is 11.5. The number of pyridine rings is 1. The molecule has 1 heterocycles. The number of benzene rings is 1. The molecule has 0 spiro atoms. The van der Waals surface area contributed by atoms with Gasteiger partial charge in [-0.15, -0.1) is 0 Å². The molecule has 1 aromatic heterocycles. The number of hydrogen-bond donors (Lipinski definition) is 1. The summed E-state index contributed by atoms with van der Waals surface area (Å²) in [6, 6.07) is 6.71. The summed E-state index contributed by atoms with van der Waals surface area (Å²) < 4.78 is 0. The molecule has 106 valence electrons. The Bertz CT molecular complexity index is 618. The number of nitro benzene ring substituents is 1. The van der Waals surface area contributed by atoms with Crippen molar-refractivity contribution in [3.8, 4) is 0 Å². The SMILES string of the molecule is CSC(C)CCNc1ccc([N+](=O)[O-])c2cccnc12. The lowest BCUT2D eigenvalue weighted by atomic mass is 10.1. The summed E-state index contributed by atoms with van der Waals surface area (Å²) >= 11 is 1.82. The molecule has 0 bridgehead atoms. The van der Waals surface area contributed by atoms with Crippen LogP contribution in [0.25, 0.3) is 10.9 Å². The van der Waals surface area contributed by atoms with Crippen molar-refractivity contribution in [1.29, 1.82) is 0 Å². The van der Waals surface area contributed by atoms with Crippen LogP contribution in [0.3, 0.4) is 0 Å². The minimum absolute atomic E-state index is 0.0936. The molecule has 1 N–H and O–H groups in total. The zero-order chi connectivity index (χ0) is 14.5. The molecule has 1 atom stereocenters. The van der Waals surface area contributed by atoms with Gasteiger partial charge in [-0.1, -0.05) is 6.92 Å². The molecule has 6 heteroatoms. The lowest BCUT2D eigenvalue weighted by Gasteiger charge is -2.11. The van der Waals surface area contributed by atoms with E-state index in [2.05, 4.69) is 23.5 Å². The average molecular weight is 291 g/mol. The molecule has 0 saturated heterocycles. The minimum atomic E-state index is -0.371. The predicted octanol–water partition coefficient (Wildman–Crippen LogP) is 3.70. The second kappa shape index (κ2) is 6.56. The van der Waals surface area contributed by atoms with Gasteiger partial charge in [-0.2, -0.15) is 11.8 Å². The Morgan fingerprint density at radius 3 is 2.95 bits per heavy atom. The van der Waals surface area contributed by atoms with Crippen LogP contribution < -0.4 is 5.32 Å². The van der Waals surface area contributed by atoms with Gasteiger partial charge in [-0.3, -0.25) is 15.1 Å². The van der Waals surface area contributed by atoms with E-state index in [-0.39, 0.29) is 10.6 Å². The molecule has 0 aliphatic rings. The second-order valence-electron chi connectivity index (χ2n) is 4.55. The average Bonchev–Trinajstić information content (AvgIpc) is 2.46. The first kappa shape index (κ1) is 14.6. The minimum Gasteiger partial charge on any atom is -0.383 e. The van der Waals surface area contributed by atoms with Crippen LogP contribution in [0.4, 0.5) is 11.4 Å². The highest BCUT2D eigenvalue weighted by Crippen LogP contribution is 2.29. The van der Waals surface area contributed by atoms with Gasteiger partial charge in [-0.25, -0.2) is 0 Å². The maximum absolute atomic E-state index is 11.0. The standard InChI is InChI=1S/C14H17N3O2S/c1-10(20-2)7-9-15-12-5-6-13(17(18)19)11-4-3-8-16-14(11)12/h3-6,8,10,15H,7,9H2,1-2H3. The van der Waals surface area contributed by atoms with Gasteiger partial charge in [0.05, 0.1) is 16.0 Å². The van der Waals surface area contributed by atoms with Crippen LogP contribution in [0.1, 0.15) is 13.3 Å². The van der Waals surface area contributed by atoms with Gasteiger partial charge in [0.2, 0.25) is 0 Å². The van der Waals surface area contributed by atoms with Gasteiger partial charge in [-0.05, 0) is 30.9 Å². The monoisotopic (exact) mass is 291 g/mol. The lowest BCUT2D eigenvalue weighted by Crippen LogP contribution is -2.08. The highest BCUT2D eigenvalue weighted by molar-refractivity contribution is 7.99. The Balaban J connectivity index is 2.27. The summed E-state index contributed by atoms with van der Waals surface area (Å²) in [5.41, 5.74) is 1.59. The number of nitrogens with one attached hydrogen (secondary N) is 1. The molecule has 2 rings (SSSR count). The number of aromatic nitrogens is 1. The summed E-state index contributed by atoms with van der Waals surface area (Å²) in [6.07, 6.45) is 4.78. The Morgan fingerprint density at radius 2 is 2.25 bits per heavy atom. The van der Waals surface area contributed by atoms with Crippen LogP contribution in [0.2, 0.25) is 0 Å². The Labute approximate surface area is 121 Å². The molecule has 5 nitrogen and oxygen atoms in total. The largest absolute Gasteiger partial charge is 0.383 e. The first-order valence-electron chi connectivity index (χ1n) is 6.42. The van der Waals surface area contributed by atoms with E-state index in [4.69, 9.17) is 0 Å². The Kier molecular flexibility index (Phi) is 4.79. The smallest absolute Gasteiger partial charge is 0.278 e. The third-order valence-electron chi connectivity index (χ3n) is 3.21. The predicted molar refractivity (Wildman–Crippen MR) is 84.5 cm³/mol. The number of anilines is 1. The molecule has 20 heavy (non-hydrogen) atoms. The van der Waals surface area contributed by atoms with Crippen molar-refractivity contribution < 1.29 is 4.92 Å². The van der Waals surface area contributed by atoms with Gasteiger partial charge in [0, 0.05) is 24.1 Å². The third-order valence-corrected chi connectivity index (χ3v) is 4.25. The van der Waals surface area contributed by atoms with E-state index in [1.165, 1.54) is 6.07 Å². The molecule has 1 aromatic carbocycles. The number of rotatable bonds is 6. The fourth-order valence-electron chi connectivity index (χ4n) is 1.99. The molecule has 0 radical (unpaired) electrons. The zero-order valence-corrected chi connectivity index (χ0v) is 12.3. The van der Waals surface area contributed by atoms with Crippen molar-refractivity contribution in [3.63, 3.8) is 0 Å². The topological polar surface area (TPSA) is 68.1 Å². The summed E-state index contributed by atoms with van der Waals surface area (Å²) in [7, 11) is 0. The first-order valence-corrected chi connectivity index (χ1v) is 7.71. The van der Waals surface area contributed by atoms with E-state index in [1.807, 2.05) is 11.8 Å². The number of thioether (sulfide) groups is 1. The van der Waals surface area contributed by atoms with E-state index in [0.29, 0.717) is 16.2 Å². The molecular weight excluding hydrogens is 274 g/mol. The normalized spacial score (nSPS) is 12.3. The highest BCUT2D eigenvalue weighted by Gasteiger charge is 2.14. The summed E-state index contributed by atoms with van der Waals surface area (Å²) in [4.78, 5) is 14.9. The molecule has 0 fully saturated rings. The van der Waals surface area contributed by atoms with Crippen molar-refractivity contribution in [2.75, 3.05) is 18.1 Å². The molecule has 0 aliphatic heterocycles. The number of nitro groups is 1. The number of nitrogens with zero attached hydrogens (tertiary/aromatic N) is 2. The van der Waals surface area contributed by atoms with E-state index >= 15 is 0 Å². The summed E-state index contributed by atoms with van der Waals surface area (Å²) in [6.45, 7) is 3.00. The maximum Gasteiger partial charge on any atom is 0.278 e. The van der Waals surface area contributed by atoms with Crippen molar-refractivity contribution in [1.82, 2.24) is 4.98 Å². The highest BCUT2D eigenvalue weighted by atomic mass is 32.2. The van der Waals surface area contributed by atoms with Crippen LogP contribution in [0, 0.1) is 10.1 Å². The van der Waals surface area contributed by atoms with E-state index < -0.39 is 0 Å². The maximum atomic E-state index is 11.0. The quantitative estimate of drug-likeness (QED) is 0.649. The van der Waals surface area contributed by atoms with Crippen molar-refractivity contribution in [2.45, 2.75) is 18.6 Å². The lowest BCUT2D eigenvalue weighted by molar-refractivity contribution is -0.383. The van der Waals surface area contributed by atoms with Crippen molar-refractivity contribution >= 4 is 34.0 Å². The summed E-state index contributed by atoms with van der Waals surface area (Å²) in [5.74, 6) is 0. The van der Waals surface area contributed by atoms with Gasteiger partial charge >= 0.3 is 0 Å². The van der Waals surface area contributed by atoms with Crippen LogP contribution in [0.5, 0.6) is 0 Å². The number of hydrogen-bond acceptors (Lipinski definition) is 5. The molecule has 0 aliphatic carbocycles. The molecule has 0 saturated carbocycles. The number of non-ortho nitro benzene ring substituents is 1. The van der Waals surface area contributed by atoms with Gasteiger partial charge < -0.3 is 5.32 Å². The molecule has 0 amide bonds. The number of fused-ring (bicyclic) bond motifs is 1. The molecular formula is C14H17N3O2S. The fraction of sp³-hybridized carbons (Fsp3) is 0.357. The van der Waals surface area contributed by atoms with Crippen molar-refractivity contribution in [3.05, 3.63) is 40.6 Å². The van der Waals surface area contributed by atoms with E-state index in [1.54, 1.807) is 24.4 Å². The Morgan fingerprint density at radius 1 is 1.45 bits per heavy atom. The van der Waals surface area contributed by atoms with Crippen LogP contribution in [-0.2, 0) is 0 Å². The summed E-state index contributed by atoms with van der Waals surface area (Å²) in [5, 5.41) is 15.5. The van der Waals surface area contributed by atoms with Crippen LogP contribution >= 0.6 is 11.8 Å². The van der Waals surface area contributed by atoms with Gasteiger partial charge in [0.15, 0.2) is 0 Å². The van der Waals surface area contributed by atoms with Crippen LogP contribution in [-0.4, -0.2) is 28.0 Å². The second-order valence-corrected chi connectivity index (χ2v) is 5.83. The van der Waals surface area contributed by atoms with Gasteiger partial charge in [0.1, 0.15) is 5.52 Å². The Hall–Kier alpha value is -1.82. The van der Waals surface area contributed by atoms with E-state index in [0.717, 1.165) is 18.7 Å². The molecule has 2 aromatic rings. The van der Waals surface area contributed by atoms with E-state index in [9.17, 15) is 10.1 Å². The van der Waals surface area contributed by atoms with Gasteiger partial charge in [0.25, 0.3) is 5.69 Å². The van der Waals surface area contributed by atoms with Crippen molar-refractivity contribution in [2.24, 2.45) is 0 Å². The fourth-order valence-corrected chi connectivity index (χ4v) is 2.34.